The molecule has 0 radical (unpaired) electrons. The fraction of sp³-hybridized carbons (Fsp3) is 0.139. The maximum atomic E-state index is 12.8. The average Bonchev–Trinajstić information content (AvgIpc) is 3.80. The van der Waals surface area contributed by atoms with Gasteiger partial charge in [-0.2, -0.15) is 0 Å². The molecule has 0 bridgehead atoms. The standard InChI is InChI=1S/C36H31N5O7S/c1-44-26-13-8-23(9-14-26)34-38-27-15-10-24(19-28(27)39-34)35-40-41-36(48-35)49-20-32(43)37-25-11-6-22(7-12-25)29(42)16-5-21-17-30(45-2)33(47-4)31(18-21)46-3/h5-19H,20H2,1-4H3,(H,37,43)(H,38,39)/b16-5+. The first-order valence-corrected chi connectivity index (χ1v) is 15.9. The van der Waals surface area contributed by atoms with E-state index in [1.807, 2.05) is 42.5 Å². The van der Waals surface area contributed by atoms with Gasteiger partial charge >= 0.3 is 0 Å². The Labute approximate surface area is 285 Å². The van der Waals surface area contributed by atoms with Crippen molar-refractivity contribution in [2.75, 3.05) is 39.5 Å². The first-order valence-electron chi connectivity index (χ1n) is 14.9. The van der Waals surface area contributed by atoms with Gasteiger partial charge in [-0.15, -0.1) is 10.2 Å². The molecule has 12 nitrogen and oxygen atoms in total. The first-order chi connectivity index (χ1) is 23.9. The van der Waals surface area contributed by atoms with Crippen LogP contribution in [-0.2, 0) is 4.79 Å². The molecule has 0 aliphatic carbocycles. The Morgan fingerprint density at radius 3 is 2.22 bits per heavy atom. The van der Waals surface area contributed by atoms with Crippen molar-refractivity contribution >= 4 is 46.2 Å². The minimum absolute atomic E-state index is 0.0463. The molecule has 4 aromatic carbocycles. The van der Waals surface area contributed by atoms with Crippen molar-refractivity contribution in [1.82, 2.24) is 20.2 Å². The number of imidazole rings is 1. The van der Waals surface area contributed by atoms with Crippen LogP contribution in [0.1, 0.15) is 15.9 Å². The normalized spacial score (nSPS) is 11.1. The quantitative estimate of drug-likeness (QED) is 0.0743. The largest absolute Gasteiger partial charge is 0.497 e. The van der Waals surface area contributed by atoms with E-state index in [0.717, 1.165) is 39.9 Å². The van der Waals surface area contributed by atoms with E-state index in [1.54, 1.807) is 49.6 Å². The highest BCUT2D eigenvalue weighted by atomic mass is 32.2. The van der Waals surface area contributed by atoms with E-state index in [2.05, 4.69) is 25.5 Å². The van der Waals surface area contributed by atoms with Crippen LogP contribution in [0.5, 0.6) is 23.0 Å². The molecule has 0 aliphatic heterocycles. The van der Waals surface area contributed by atoms with Gasteiger partial charge in [-0.1, -0.05) is 17.8 Å². The molecule has 248 valence electrons. The number of anilines is 1. The Morgan fingerprint density at radius 1 is 0.837 bits per heavy atom. The summed E-state index contributed by atoms with van der Waals surface area (Å²) in [5, 5.41) is 11.3. The van der Waals surface area contributed by atoms with Crippen molar-refractivity contribution in [3.63, 3.8) is 0 Å². The van der Waals surface area contributed by atoms with Crippen LogP contribution >= 0.6 is 11.8 Å². The highest BCUT2D eigenvalue weighted by Gasteiger charge is 2.15. The number of ketones is 1. The summed E-state index contributed by atoms with van der Waals surface area (Å²) in [7, 11) is 6.21. The van der Waals surface area contributed by atoms with E-state index in [9.17, 15) is 9.59 Å². The number of H-pyrrole nitrogens is 1. The number of carbonyl (C=O) groups excluding carboxylic acids is 2. The van der Waals surface area contributed by atoms with Gasteiger partial charge in [0.05, 0.1) is 45.2 Å². The minimum Gasteiger partial charge on any atom is -0.497 e. The number of nitrogens with one attached hydrogen (secondary N) is 2. The maximum absolute atomic E-state index is 12.8. The van der Waals surface area contributed by atoms with E-state index in [-0.39, 0.29) is 22.7 Å². The van der Waals surface area contributed by atoms with Gasteiger partial charge in [0.1, 0.15) is 11.6 Å². The Balaban J connectivity index is 1.03. The maximum Gasteiger partial charge on any atom is 0.277 e. The molecule has 1 amide bonds. The van der Waals surface area contributed by atoms with Gasteiger partial charge in [-0.25, -0.2) is 4.98 Å². The number of amides is 1. The molecule has 6 rings (SSSR count). The highest BCUT2D eigenvalue weighted by molar-refractivity contribution is 7.99. The van der Waals surface area contributed by atoms with Gasteiger partial charge in [0.15, 0.2) is 17.3 Å². The number of carbonyl (C=O) groups is 2. The fourth-order valence-corrected chi connectivity index (χ4v) is 5.48. The number of aromatic amines is 1. The van der Waals surface area contributed by atoms with Crippen LogP contribution in [0.4, 0.5) is 5.69 Å². The van der Waals surface area contributed by atoms with Crippen LogP contribution in [0.3, 0.4) is 0 Å². The minimum atomic E-state index is -0.268. The summed E-state index contributed by atoms with van der Waals surface area (Å²) in [4.78, 5) is 33.4. The van der Waals surface area contributed by atoms with Gasteiger partial charge in [-0.05, 0) is 90.5 Å². The first kappa shape index (κ1) is 32.8. The summed E-state index contributed by atoms with van der Waals surface area (Å²) in [6.45, 7) is 0. The molecule has 0 fully saturated rings. The third-order valence-electron chi connectivity index (χ3n) is 7.39. The molecule has 2 N–H and O–H groups in total. The number of aromatic nitrogens is 4. The molecule has 0 aliphatic rings. The summed E-state index contributed by atoms with van der Waals surface area (Å²) in [5.41, 5.74) is 4.97. The van der Waals surface area contributed by atoms with Crippen molar-refractivity contribution in [1.29, 1.82) is 0 Å². The second-order valence-electron chi connectivity index (χ2n) is 10.5. The second kappa shape index (κ2) is 14.8. The predicted octanol–water partition coefficient (Wildman–Crippen LogP) is 6.94. The number of hydrogen-bond acceptors (Lipinski definition) is 11. The van der Waals surface area contributed by atoms with Crippen LogP contribution in [0.25, 0.3) is 40.0 Å². The number of rotatable bonds is 13. The third kappa shape index (κ3) is 7.57. The monoisotopic (exact) mass is 677 g/mol. The number of hydrogen-bond donors (Lipinski definition) is 2. The van der Waals surface area contributed by atoms with Crippen LogP contribution < -0.4 is 24.3 Å². The van der Waals surface area contributed by atoms with Crippen LogP contribution in [0, 0.1) is 0 Å². The lowest BCUT2D eigenvalue weighted by Gasteiger charge is -2.12. The topological polar surface area (TPSA) is 151 Å². The Bertz CT molecular complexity index is 2110. The molecular weight excluding hydrogens is 646 g/mol. The summed E-state index contributed by atoms with van der Waals surface area (Å²) in [6, 6.07) is 23.4. The summed E-state index contributed by atoms with van der Waals surface area (Å²) < 4.78 is 27.1. The molecule has 13 heteroatoms. The van der Waals surface area contributed by atoms with E-state index < -0.39 is 0 Å². The molecule has 2 heterocycles. The lowest BCUT2D eigenvalue weighted by Crippen LogP contribution is -2.14. The number of allylic oxidation sites excluding steroid dienone is 1. The predicted molar refractivity (Wildman–Crippen MR) is 187 cm³/mol. The second-order valence-corrected chi connectivity index (χ2v) is 11.4. The zero-order valence-electron chi connectivity index (χ0n) is 27.0. The molecule has 6 aromatic rings. The van der Waals surface area contributed by atoms with E-state index >= 15 is 0 Å². The van der Waals surface area contributed by atoms with Crippen molar-refractivity contribution in [2.24, 2.45) is 0 Å². The number of fused-ring (bicyclic) bond motifs is 1. The average molecular weight is 678 g/mol. The zero-order chi connectivity index (χ0) is 34.3. The number of thioether (sulfide) groups is 1. The summed E-state index contributed by atoms with van der Waals surface area (Å²) in [6.07, 6.45) is 3.12. The molecule has 2 aromatic heterocycles. The highest BCUT2D eigenvalue weighted by Crippen LogP contribution is 2.38. The van der Waals surface area contributed by atoms with E-state index in [0.29, 0.717) is 45.5 Å². The van der Waals surface area contributed by atoms with Crippen LogP contribution in [0.2, 0.25) is 0 Å². The van der Waals surface area contributed by atoms with Gasteiger partial charge < -0.3 is 33.7 Å². The third-order valence-corrected chi connectivity index (χ3v) is 8.21. The Hall–Kier alpha value is -6.08. The van der Waals surface area contributed by atoms with Crippen molar-refractivity contribution in [3.8, 4) is 45.8 Å². The van der Waals surface area contributed by atoms with Crippen molar-refractivity contribution < 1.29 is 33.0 Å². The summed E-state index contributed by atoms with van der Waals surface area (Å²) >= 11 is 1.12. The summed E-state index contributed by atoms with van der Waals surface area (Å²) in [5.74, 6) is 2.83. The molecule has 0 atom stereocenters. The van der Waals surface area contributed by atoms with E-state index in [1.165, 1.54) is 27.4 Å². The molecule has 0 spiro atoms. The Kier molecular flexibility index (Phi) is 9.91. The number of nitrogens with zero attached hydrogens (tertiary/aromatic N) is 3. The van der Waals surface area contributed by atoms with Crippen molar-refractivity contribution in [3.05, 3.63) is 96.1 Å². The molecular formula is C36H31N5O7S. The van der Waals surface area contributed by atoms with Crippen LogP contribution in [0.15, 0.2) is 94.6 Å². The lowest BCUT2D eigenvalue weighted by atomic mass is 10.1. The van der Waals surface area contributed by atoms with Crippen LogP contribution in [-0.4, -0.2) is 66.0 Å². The fourth-order valence-electron chi connectivity index (χ4n) is 4.92. The zero-order valence-corrected chi connectivity index (χ0v) is 27.8. The smallest absolute Gasteiger partial charge is 0.277 e. The van der Waals surface area contributed by atoms with Gasteiger partial charge in [0.2, 0.25) is 17.5 Å². The molecule has 0 saturated carbocycles. The number of ether oxygens (including phenoxy) is 4. The number of benzene rings is 4. The Morgan fingerprint density at radius 2 is 1.55 bits per heavy atom. The SMILES string of the molecule is COc1ccc(-c2nc3ccc(-c4nnc(SCC(=O)Nc5ccc(C(=O)/C=C/c6cc(OC)c(OC)c(OC)c6)cc5)o4)cc3[nH]2)cc1. The van der Waals surface area contributed by atoms with E-state index in [4.69, 9.17) is 23.4 Å². The lowest BCUT2D eigenvalue weighted by molar-refractivity contribution is -0.113. The molecule has 49 heavy (non-hydrogen) atoms. The number of methoxy groups -OCH3 is 4. The van der Waals surface area contributed by atoms with Gasteiger partial charge in [0, 0.05) is 22.4 Å². The van der Waals surface area contributed by atoms with Gasteiger partial charge in [-0.3, -0.25) is 9.59 Å². The molecule has 0 saturated heterocycles. The van der Waals surface area contributed by atoms with Gasteiger partial charge in [0.25, 0.3) is 5.22 Å². The molecule has 0 unspecified atom stereocenters. The van der Waals surface area contributed by atoms with Crippen molar-refractivity contribution in [2.45, 2.75) is 5.22 Å².